The lowest BCUT2D eigenvalue weighted by Crippen LogP contribution is -2.48. The van der Waals surface area contributed by atoms with Gasteiger partial charge in [-0.25, -0.2) is 0 Å². The number of carbonyl (C=O) groups excluding carboxylic acids is 2. The number of fused-ring (bicyclic) bond motifs is 1. The Hall–Kier alpha value is -2.30. The van der Waals surface area contributed by atoms with Gasteiger partial charge in [-0.1, -0.05) is 32.0 Å². The maximum absolute atomic E-state index is 12.3. The quantitative estimate of drug-likeness (QED) is 0.884. The van der Waals surface area contributed by atoms with E-state index in [0.717, 1.165) is 11.0 Å². The molecule has 0 spiro atoms. The normalized spacial score (nSPS) is 14.1. The average molecular weight is 288 g/mol. The molecule has 0 aliphatic carbocycles. The molecule has 2 atom stereocenters. The van der Waals surface area contributed by atoms with Gasteiger partial charge >= 0.3 is 0 Å². The summed E-state index contributed by atoms with van der Waals surface area (Å²) in [5.74, 6) is -0.783. The van der Waals surface area contributed by atoms with Gasteiger partial charge in [-0.3, -0.25) is 9.59 Å². The molecule has 0 radical (unpaired) electrons. The van der Waals surface area contributed by atoms with Crippen LogP contribution >= 0.6 is 0 Å². The van der Waals surface area contributed by atoms with E-state index in [1.807, 2.05) is 44.2 Å². The van der Waals surface area contributed by atoms with E-state index < -0.39 is 17.9 Å². The monoisotopic (exact) mass is 288 g/mol. The maximum atomic E-state index is 12.3. The molecule has 2 unspecified atom stereocenters. The van der Waals surface area contributed by atoms with Crippen LogP contribution in [0.5, 0.6) is 0 Å². The lowest BCUT2D eigenvalue weighted by molar-refractivity contribution is -0.129. The summed E-state index contributed by atoms with van der Waals surface area (Å²) >= 11 is 0. The Kier molecular flexibility index (Phi) is 4.31. The molecule has 5 nitrogen and oxygen atoms in total. The van der Waals surface area contributed by atoms with Gasteiger partial charge in [0, 0.05) is 5.39 Å². The van der Waals surface area contributed by atoms with E-state index in [2.05, 4.69) is 5.32 Å². The Morgan fingerprint density at radius 1 is 1.19 bits per heavy atom. The number of para-hydroxylation sites is 1. The fraction of sp³-hybridized carbons (Fsp3) is 0.375. The van der Waals surface area contributed by atoms with Crippen LogP contribution in [-0.2, 0) is 9.59 Å². The van der Waals surface area contributed by atoms with E-state index in [9.17, 15) is 9.59 Å². The van der Waals surface area contributed by atoms with Crippen LogP contribution < -0.4 is 11.1 Å². The van der Waals surface area contributed by atoms with Gasteiger partial charge in [0.25, 0.3) is 0 Å². The molecule has 2 rings (SSSR count). The predicted octanol–water partition coefficient (Wildman–Crippen LogP) is 2.16. The highest BCUT2D eigenvalue weighted by Gasteiger charge is 2.26. The molecule has 5 heteroatoms. The van der Waals surface area contributed by atoms with Crippen molar-refractivity contribution in [2.24, 2.45) is 11.7 Å². The number of carbonyl (C=O) groups is 2. The van der Waals surface area contributed by atoms with Gasteiger partial charge in [0.15, 0.2) is 0 Å². The fourth-order valence-corrected chi connectivity index (χ4v) is 2.19. The molecule has 1 aromatic carbocycles. The number of hydrogen-bond donors (Lipinski definition) is 2. The minimum absolute atomic E-state index is 0.0608. The number of primary amides is 1. The van der Waals surface area contributed by atoms with Gasteiger partial charge in [-0.05, 0) is 25.0 Å². The molecule has 1 heterocycles. The molecular formula is C16H20N2O3. The highest BCUT2D eigenvalue weighted by molar-refractivity contribution is 5.90. The van der Waals surface area contributed by atoms with Crippen molar-refractivity contribution >= 4 is 22.8 Å². The first-order valence-corrected chi connectivity index (χ1v) is 6.98. The van der Waals surface area contributed by atoms with Crippen LogP contribution in [0.4, 0.5) is 0 Å². The van der Waals surface area contributed by atoms with E-state index >= 15 is 0 Å². The second-order valence-electron chi connectivity index (χ2n) is 5.54. The Bertz CT molecular complexity index is 627. The molecule has 0 saturated carbocycles. The molecule has 0 aliphatic rings. The van der Waals surface area contributed by atoms with E-state index in [0.29, 0.717) is 5.76 Å². The third kappa shape index (κ3) is 3.24. The number of nitrogens with two attached hydrogens (primary N) is 1. The number of amides is 2. The van der Waals surface area contributed by atoms with Crippen LogP contribution in [0.2, 0.25) is 0 Å². The van der Waals surface area contributed by atoms with Gasteiger partial charge in [0.2, 0.25) is 11.8 Å². The molecule has 2 aromatic rings. The Balaban J connectivity index is 2.16. The SMILES string of the molecule is CC(C(=O)NC(C(N)=O)C(C)C)c1cc2ccccc2o1. The standard InChI is InChI=1S/C16H20N2O3/c1-9(2)14(15(17)19)18-16(20)10(3)13-8-11-6-4-5-7-12(11)21-13/h4-10,14H,1-3H3,(H2,17,19)(H,18,20). The minimum atomic E-state index is -0.677. The van der Waals surface area contributed by atoms with Crippen molar-refractivity contribution in [3.8, 4) is 0 Å². The summed E-state index contributed by atoms with van der Waals surface area (Å²) in [4.78, 5) is 23.6. The first kappa shape index (κ1) is 15.1. The van der Waals surface area contributed by atoms with Crippen molar-refractivity contribution < 1.29 is 14.0 Å². The van der Waals surface area contributed by atoms with E-state index in [1.54, 1.807) is 6.92 Å². The second kappa shape index (κ2) is 5.99. The van der Waals surface area contributed by atoms with Gasteiger partial charge in [-0.2, -0.15) is 0 Å². The zero-order chi connectivity index (χ0) is 15.6. The van der Waals surface area contributed by atoms with Crippen LogP contribution in [0.25, 0.3) is 11.0 Å². The highest BCUT2D eigenvalue weighted by atomic mass is 16.3. The zero-order valence-corrected chi connectivity index (χ0v) is 12.4. The number of benzene rings is 1. The van der Waals surface area contributed by atoms with E-state index in [-0.39, 0.29) is 11.8 Å². The summed E-state index contributed by atoms with van der Waals surface area (Å²) in [6.07, 6.45) is 0. The zero-order valence-electron chi connectivity index (χ0n) is 12.4. The van der Waals surface area contributed by atoms with Crippen molar-refractivity contribution in [3.05, 3.63) is 36.1 Å². The van der Waals surface area contributed by atoms with Gasteiger partial charge in [0.1, 0.15) is 17.4 Å². The number of rotatable bonds is 5. The molecular weight excluding hydrogens is 268 g/mol. The Labute approximate surface area is 123 Å². The molecule has 21 heavy (non-hydrogen) atoms. The first-order chi connectivity index (χ1) is 9.90. The number of furan rings is 1. The number of nitrogens with one attached hydrogen (secondary N) is 1. The lowest BCUT2D eigenvalue weighted by atomic mass is 10.0. The van der Waals surface area contributed by atoms with Crippen LogP contribution in [0.3, 0.4) is 0 Å². The molecule has 0 saturated heterocycles. The third-order valence-corrected chi connectivity index (χ3v) is 3.54. The molecule has 3 N–H and O–H groups in total. The summed E-state index contributed by atoms with van der Waals surface area (Å²) < 4.78 is 5.68. The Morgan fingerprint density at radius 2 is 1.86 bits per heavy atom. The van der Waals surface area contributed by atoms with E-state index in [4.69, 9.17) is 10.2 Å². The highest BCUT2D eigenvalue weighted by Crippen LogP contribution is 2.25. The first-order valence-electron chi connectivity index (χ1n) is 6.98. The fourth-order valence-electron chi connectivity index (χ4n) is 2.19. The second-order valence-corrected chi connectivity index (χ2v) is 5.54. The smallest absolute Gasteiger partial charge is 0.240 e. The predicted molar refractivity (Wildman–Crippen MR) is 80.6 cm³/mol. The Morgan fingerprint density at radius 3 is 2.43 bits per heavy atom. The van der Waals surface area contributed by atoms with Crippen LogP contribution in [-0.4, -0.2) is 17.9 Å². The molecule has 0 aliphatic heterocycles. The maximum Gasteiger partial charge on any atom is 0.240 e. The molecule has 1 aromatic heterocycles. The summed E-state index contributed by atoms with van der Waals surface area (Å²) in [6.45, 7) is 5.41. The summed E-state index contributed by atoms with van der Waals surface area (Å²) in [5, 5.41) is 3.63. The van der Waals surface area contributed by atoms with Crippen LogP contribution in [0, 0.1) is 5.92 Å². The summed E-state index contributed by atoms with van der Waals surface area (Å²) in [5.41, 5.74) is 6.05. The van der Waals surface area contributed by atoms with Gasteiger partial charge < -0.3 is 15.5 Å². The van der Waals surface area contributed by atoms with Crippen molar-refractivity contribution in [1.29, 1.82) is 0 Å². The van der Waals surface area contributed by atoms with Crippen molar-refractivity contribution in [1.82, 2.24) is 5.32 Å². The molecule has 112 valence electrons. The molecule has 0 fully saturated rings. The van der Waals surface area contributed by atoms with Crippen molar-refractivity contribution in [2.45, 2.75) is 32.7 Å². The van der Waals surface area contributed by atoms with E-state index in [1.165, 1.54) is 0 Å². The largest absolute Gasteiger partial charge is 0.460 e. The average Bonchev–Trinajstić information content (AvgIpc) is 2.86. The van der Waals surface area contributed by atoms with Crippen molar-refractivity contribution in [2.75, 3.05) is 0 Å². The minimum Gasteiger partial charge on any atom is -0.460 e. The number of hydrogen-bond acceptors (Lipinski definition) is 3. The summed E-state index contributed by atoms with van der Waals surface area (Å²) in [6, 6.07) is 8.73. The van der Waals surface area contributed by atoms with Crippen molar-refractivity contribution in [3.63, 3.8) is 0 Å². The topological polar surface area (TPSA) is 85.3 Å². The summed E-state index contributed by atoms with van der Waals surface area (Å²) in [7, 11) is 0. The molecule has 0 bridgehead atoms. The van der Waals surface area contributed by atoms with Crippen LogP contribution in [0.1, 0.15) is 32.4 Å². The molecule has 2 amide bonds. The lowest BCUT2D eigenvalue weighted by Gasteiger charge is -2.20. The third-order valence-electron chi connectivity index (χ3n) is 3.54. The van der Waals surface area contributed by atoms with Gasteiger partial charge in [0.05, 0.1) is 5.92 Å². The van der Waals surface area contributed by atoms with Crippen LogP contribution in [0.15, 0.2) is 34.7 Å². The van der Waals surface area contributed by atoms with Gasteiger partial charge in [-0.15, -0.1) is 0 Å².